The minimum absolute atomic E-state index is 0.136. The number of nitrogens with zero attached hydrogens (tertiary/aromatic N) is 1. The average Bonchev–Trinajstić information content (AvgIpc) is 2.63. The summed E-state index contributed by atoms with van der Waals surface area (Å²) in [6.07, 6.45) is 1.16. The van der Waals surface area contributed by atoms with Crippen LogP contribution in [-0.2, 0) is 17.8 Å². The normalized spacial score (nSPS) is 10.5. The molecule has 4 heteroatoms. The molecule has 0 aliphatic carbocycles. The summed E-state index contributed by atoms with van der Waals surface area (Å²) in [5.41, 5.74) is 3.45. The largest absolute Gasteiger partial charge is 0.490 e. The molecule has 0 aliphatic heterocycles. The first-order chi connectivity index (χ1) is 12.5. The second-order valence-corrected chi connectivity index (χ2v) is 6.38. The summed E-state index contributed by atoms with van der Waals surface area (Å²) >= 11 is 0. The second kappa shape index (κ2) is 9.85. The van der Waals surface area contributed by atoms with Gasteiger partial charge in [0.1, 0.15) is 0 Å². The van der Waals surface area contributed by atoms with Gasteiger partial charge in [-0.2, -0.15) is 0 Å². The van der Waals surface area contributed by atoms with Crippen molar-refractivity contribution in [2.24, 2.45) is 0 Å². The van der Waals surface area contributed by atoms with Crippen molar-refractivity contribution >= 4 is 5.91 Å². The summed E-state index contributed by atoms with van der Waals surface area (Å²) in [5, 5.41) is 0. The van der Waals surface area contributed by atoms with E-state index in [0.29, 0.717) is 32.6 Å². The van der Waals surface area contributed by atoms with Gasteiger partial charge in [0.25, 0.3) is 0 Å². The molecule has 2 rings (SSSR count). The predicted octanol–water partition coefficient (Wildman–Crippen LogP) is 4.38. The van der Waals surface area contributed by atoms with Crippen molar-refractivity contribution < 1.29 is 14.3 Å². The molecule has 0 fully saturated rings. The number of benzene rings is 2. The van der Waals surface area contributed by atoms with E-state index in [0.717, 1.165) is 22.6 Å². The van der Waals surface area contributed by atoms with Crippen molar-refractivity contribution in [3.63, 3.8) is 0 Å². The van der Waals surface area contributed by atoms with Crippen LogP contribution in [-0.4, -0.2) is 31.1 Å². The molecule has 0 bridgehead atoms. The summed E-state index contributed by atoms with van der Waals surface area (Å²) in [5.74, 6) is 1.63. The van der Waals surface area contributed by atoms with Crippen LogP contribution in [0.1, 0.15) is 37.0 Å². The van der Waals surface area contributed by atoms with Gasteiger partial charge >= 0.3 is 0 Å². The molecule has 4 nitrogen and oxygen atoms in total. The van der Waals surface area contributed by atoms with Crippen LogP contribution >= 0.6 is 0 Å². The Morgan fingerprint density at radius 1 is 0.923 bits per heavy atom. The smallest absolute Gasteiger partial charge is 0.222 e. The third kappa shape index (κ3) is 5.80. The fourth-order valence-electron chi connectivity index (χ4n) is 2.75. The lowest BCUT2D eigenvalue weighted by Gasteiger charge is -2.18. The fraction of sp³-hybridized carbons (Fsp3) is 0.409. The first-order valence-corrected chi connectivity index (χ1v) is 9.21. The molecule has 0 aliphatic rings. The number of carbonyl (C=O) groups excluding carboxylic acids is 1. The van der Waals surface area contributed by atoms with E-state index in [1.54, 1.807) is 4.90 Å². The maximum absolute atomic E-state index is 12.4. The molecule has 1 amide bonds. The van der Waals surface area contributed by atoms with E-state index in [2.05, 4.69) is 31.2 Å². The number of hydrogen-bond donors (Lipinski definition) is 0. The Bertz CT molecular complexity index is 710. The molecule has 0 saturated heterocycles. The van der Waals surface area contributed by atoms with Crippen LogP contribution in [0.15, 0.2) is 42.5 Å². The molecular formula is C22H29NO3. The van der Waals surface area contributed by atoms with Crippen LogP contribution in [0.25, 0.3) is 0 Å². The monoisotopic (exact) mass is 355 g/mol. The van der Waals surface area contributed by atoms with Gasteiger partial charge in [-0.1, -0.05) is 35.9 Å². The zero-order chi connectivity index (χ0) is 18.9. The highest BCUT2D eigenvalue weighted by Crippen LogP contribution is 2.29. The molecule has 26 heavy (non-hydrogen) atoms. The zero-order valence-electron chi connectivity index (χ0n) is 16.2. The topological polar surface area (TPSA) is 38.8 Å². The highest BCUT2D eigenvalue weighted by atomic mass is 16.5. The van der Waals surface area contributed by atoms with Crippen LogP contribution in [0.5, 0.6) is 11.5 Å². The van der Waals surface area contributed by atoms with Crippen LogP contribution in [0.3, 0.4) is 0 Å². The molecule has 0 heterocycles. The summed E-state index contributed by atoms with van der Waals surface area (Å²) in [6, 6.07) is 14.2. The maximum Gasteiger partial charge on any atom is 0.222 e. The minimum atomic E-state index is 0.136. The Morgan fingerprint density at radius 3 is 2.19 bits per heavy atom. The first kappa shape index (κ1) is 19.8. The summed E-state index contributed by atoms with van der Waals surface area (Å²) in [4.78, 5) is 14.2. The predicted molar refractivity (Wildman–Crippen MR) is 105 cm³/mol. The van der Waals surface area contributed by atoms with Gasteiger partial charge in [0.2, 0.25) is 5.91 Å². The molecule has 0 unspecified atom stereocenters. The van der Waals surface area contributed by atoms with E-state index < -0.39 is 0 Å². The Hall–Kier alpha value is -2.49. The molecule has 0 saturated carbocycles. The van der Waals surface area contributed by atoms with Crippen LogP contribution in [0.2, 0.25) is 0 Å². The number of ether oxygens (including phenoxy) is 2. The molecule has 140 valence electrons. The Balaban J connectivity index is 1.93. The number of amides is 1. The minimum Gasteiger partial charge on any atom is -0.490 e. The van der Waals surface area contributed by atoms with Crippen molar-refractivity contribution in [3.05, 3.63) is 59.2 Å². The summed E-state index contributed by atoms with van der Waals surface area (Å²) in [7, 11) is 1.85. The van der Waals surface area contributed by atoms with Crippen molar-refractivity contribution in [1.82, 2.24) is 4.90 Å². The highest BCUT2D eigenvalue weighted by Gasteiger charge is 2.11. The molecule has 0 spiro atoms. The standard InChI is InChI=1S/C22H29NO3/c1-5-25-20-13-11-18(15-21(20)26-6-2)12-14-22(24)23(4)16-19-9-7-17(3)8-10-19/h7-11,13,15H,5-6,12,14,16H2,1-4H3. The lowest BCUT2D eigenvalue weighted by atomic mass is 10.1. The van der Waals surface area contributed by atoms with Gasteiger partial charge in [-0.3, -0.25) is 4.79 Å². The third-order valence-corrected chi connectivity index (χ3v) is 4.20. The van der Waals surface area contributed by atoms with Gasteiger partial charge in [-0.25, -0.2) is 0 Å². The van der Waals surface area contributed by atoms with E-state index >= 15 is 0 Å². The van der Waals surface area contributed by atoms with E-state index in [1.165, 1.54) is 5.56 Å². The fourth-order valence-corrected chi connectivity index (χ4v) is 2.75. The third-order valence-electron chi connectivity index (χ3n) is 4.20. The number of aryl methyl sites for hydroxylation is 2. The summed E-state index contributed by atoms with van der Waals surface area (Å²) in [6.45, 7) is 7.78. The second-order valence-electron chi connectivity index (χ2n) is 6.38. The lowest BCUT2D eigenvalue weighted by molar-refractivity contribution is -0.130. The lowest BCUT2D eigenvalue weighted by Crippen LogP contribution is -2.26. The maximum atomic E-state index is 12.4. The van der Waals surface area contributed by atoms with Gasteiger partial charge in [0, 0.05) is 20.0 Å². The van der Waals surface area contributed by atoms with Crippen molar-refractivity contribution in [3.8, 4) is 11.5 Å². The molecular weight excluding hydrogens is 326 g/mol. The molecule has 2 aromatic carbocycles. The summed E-state index contributed by atoms with van der Waals surface area (Å²) < 4.78 is 11.2. The quantitative estimate of drug-likeness (QED) is 0.670. The Labute approximate surface area is 156 Å². The van der Waals surface area contributed by atoms with Crippen molar-refractivity contribution in [1.29, 1.82) is 0 Å². The molecule has 0 N–H and O–H groups in total. The van der Waals surface area contributed by atoms with Crippen molar-refractivity contribution in [2.75, 3.05) is 20.3 Å². The first-order valence-electron chi connectivity index (χ1n) is 9.21. The Morgan fingerprint density at radius 2 is 1.54 bits per heavy atom. The molecule has 2 aromatic rings. The Kier molecular flexibility index (Phi) is 7.52. The van der Waals surface area contributed by atoms with Gasteiger partial charge in [-0.05, 0) is 50.5 Å². The molecule has 0 atom stereocenters. The number of rotatable bonds is 9. The van der Waals surface area contributed by atoms with Crippen LogP contribution in [0, 0.1) is 6.92 Å². The highest BCUT2D eigenvalue weighted by molar-refractivity contribution is 5.76. The number of hydrogen-bond acceptors (Lipinski definition) is 3. The van der Waals surface area contributed by atoms with Gasteiger partial charge in [-0.15, -0.1) is 0 Å². The molecule has 0 aromatic heterocycles. The SMILES string of the molecule is CCOc1ccc(CCC(=O)N(C)Cc2ccc(C)cc2)cc1OCC. The van der Waals surface area contributed by atoms with E-state index in [4.69, 9.17) is 9.47 Å². The molecule has 0 radical (unpaired) electrons. The van der Waals surface area contributed by atoms with E-state index in [-0.39, 0.29) is 5.91 Å². The van der Waals surface area contributed by atoms with E-state index in [1.807, 2.05) is 39.1 Å². The van der Waals surface area contributed by atoms with Crippen LogP contribution < -0.4 is 9.47 Å². The van der Waals surface area contributed by atoms with Gasteiger partial charge < -0.3 is 14.4 Å². The van der Waals surface area contributed by atoms with Gasteiger partial charge in [0.15, 0.2) is 11.5 Å². The zero-order valence-corrected chi connectivity index (χ0v) is 16.2. The van der Waals surface area contributed by atoms with Crippen LogP contribution in [0.4, 0.5) is 0 Å². The average molecular weight is 355 g/mol. The van der Waals surface area contributed by atoms with E-state index in [9.17, 15) is 4.79 Å². The van der Waals surface area contributed by atoms with Gasteiger partial charge in [0.05, 0.1) is 13.2 Å². The number of carbonyl (C=O) groups is 1. The van der Waals surface area contributed by atoms with Crippen molar-refractivity contribution in [2.45, 2.75) is 40.2 Å².